The molecule has 201 valence electrons. The van der Waals surface area contributed by atoms with Crippen LogP contribution in [0.25, 0.3) is 16.4 Å². The standard InChI is InChI=1S/C24H24N7O6SSi/c1-34-15-6-4-9-26-18(15)14-11-16(20(32)28-22-29-30-23(38-22)31-17(25)7-10-27-31)37-21(33)19(14)36-13-5-3-8-24(39,12-13)35-2/h4,6-7,9-11,13H,3,5,8,12,25H2,1-2H3,(H,28,29,32)/t13-,24-/m0/s1. The first kappa shape index (κ1) is 26.5. The molecule has 1 aliphatic rings. The molecule has 4 heterocycles. The largest absolute Gasteiger partial charge is 0.494 e. The summed E-state index contributed by atoms with van der Waals surface area (Å²) in [7, 11) is 6.78. The third kappa shape index (κ3) is 5.55. The van der Waals surface area contributed by atoms with Gasteiger partial charge in [-0.25, -0.2) is 4.79 Å². The summed E-state index contributed by atoms with van der Waals surface area (Å²) < 4.78 is 24.0. The molecule has 0 unspecified atom stereocenters. The van der Waals surface area contributed by atoms with Crippen LogP contribution in [0.1, 0.15) is 36.2 Å². The van der Waals surface area contributed by atoms with Crippen LogP contribution in [-0.2, 0) is 4.74 Å². The molecular formula is C24H24N7O6SSi. The van der Waals surface area contributed by atoms with Gasteiger partial charge in [-0.15, -0.1) is 10.2 Å². The second-order valence-corrected chi connectivity index (χ2v) is 10.6. The molecule has 1 saturated carbocycles. The lowest BCUT2D eigenvalue weighted by molar-refractivity contribution is -0.0110. The number of nitrogens with two attached hydrogens (primary N) is 1. The van der Waals surface area contributed by atoms with Crippen molar-refractivity contribution in [2.75, 3.05) is 25.3 Å². The van der Waals surface area contributed by atoms with Crippen LogP contribution in [0.4, 0.5) is 10.9 Å². The number of methoxy groups -OCH3 is 2. The summed E-state index contributed by atoms with van der Waals surface area (Å²) in [5.41, 5.74) is 5.58. The van der Waals surface area contributed by atoms with Crippen LogP contribution >= 0.6 is 11.3 Å². The Morgan fingerprint density at radius 3 is 2.90 bits per heavy atom. The van der Waals surface area contributed by atoms with Crippen LogP contribution in [-0.4, -0.2) is 66.7 Å². The Labute approximate surface area is 229 Å². The number of rotatable bonds is 8. The van der Waals surface area contributed by atoms with Gasteiger partial charge >= 0.3 is 5.63 Å². The van der Waals surface area contributed by atoms with Crippen LogP contribution < -0.4 is 26.1 Å². The van der Waals surface area contributed by atoms with Crippen LogP contribution in [0.15, 0.2) is 45.9 Å². The van der Waals surface area contributed by atoms with Gasteiger partial charge in [-0.2, -0.15) is 9.78 Å². The quantitative estimate of drug-likeness (QED) is 0.300. The Hall–Kier alpha value is -4.08. The van der Waals surface area contributed by atoms with Crippen LogP contribution in [0.5, 0.6) is 11.5 Å². The van der Waals surface area contributed by atoms with Crippen molar-refractivity contribution in [1.29, 1.82) is 0 Å². The van der Waals surface area contributed by atoms with E-state index in [4.69, 9.17) is 24.4 Å². The smallest absolute Gasteiger partial charge is 0.379 e. The number of nitrogens with one attached hydrogen (secondary N) is 1. The Bertz CT molecular complexity index is 1560. The van der Waals surface area contributed by atoms with E-state index in [1.165, 1.54) is 24.1 Å². The van der Waals surface area contributed by atoms with Gasteiger partial charge in [0.1, 0.15) is 23.4 Å². The predicted molar refractivity (Wildman–Crippen MR) is 143 cm³/mol. The van der Waals surface area contributed by atoms with E-state index in [1.807, 2.05) is 0 Å². The van der Waals surface area contributed by atoms with Crippen molar-refractivity contribution in [3.8, 4) is 27.9 Å². The van der Waals surface area contributed by atoms with Gasteiger partial charge in [-0.05, 0) is 31.4 Å². The summed E-state index contributed by atoms with van der Waals surface area (Å²) in [6.45, 7) is 0. The van der Waals surface area contributed by atoms with Gasteiger partial charge in [-0.1, -0.05) is 11.3 Å². The lowest BCUT2D eigenvalue weighted by Gasteiger charge is -2.37. The zero-order valence-electron chi connectivity index (χ0n) is 21.0. The monoisotopic (exact) mass is 566 g/mol. The van der Waals surface area contributed by atoms with E-state index in [-0.39, 0.29) is 28.3 Å². The lowest BCUT2D eigenvalue weighted by atomic mass is 9.94. The summed E-state index contributed by atoms with van der Waals surface area (Å²) in [5, 5.41) is 14.5. The van der Waals surface area contributed by atoms with Crippen LogP contribution in [0.3, 0.4) is 0 Å². The molecule has 0 bridgehead atoms. The van der Waals surface area contributed by atoms with Gasteiger partial charge in [0.25, 0.3) is 5.91 Å². The maximum absolute atomic E-state index is 13.3. The Morgan fingerprint density at radius 2 is 2.15 bits per heavy atom. The zero-order valence-corrected chi connectivity index (χ0v) is 22.9. The van der Waals surface area contributed by atoms with Crippen molar-refractivity contribution in [3.05, 3.63) is 52.8 Å². The number of pyridine rings is 1. The number of hydrogen-bond acceptors (Lipinski definition) is 12. The highest BCUT2D eigenvalue weighted by Gasteiger charge is 2.35. The molecule has 1 aliphatic carbocycles. The SMILES string of the molecule is COc1cccnc1-c1cc(C(=O)Nc2nnc(-n3nccc3N)s2)oc(=O)c1O[C@H]1CCC[C@@]([Si])(OC)C1. The number of nitrogen functional groups attached to an aromatic ring is 1. The van der Waals surface area contributed by atoms with Gasteiger partial charge in [0, 0.05) is 31.9 Å². The highest BCUT2D eigenvalue weighted by atomic mass is 32.1. The average Bonchev–Trinajstić information content (AvgIpc) is 3.58. The number of aromatic nitrogens is 5. The summed E-state index contributed by atoms with van der Waals surface area (Å²) in [6, 6.07) is 6.38. The lowest BCUT2D eigenvalue weighted by Crippen LogP contribution is -2.42. The minimum absolute atomic E-state index is 0.0760. The molecule has 1 amide bonds. The highest BCUT2D eigenvalue weighted by Crippen LogP contribution is 2.37. The van der Waals surface area contributed by atoms with Crippen molar-refractivity contribution in [2.24, 2.45) is 0 Å². The molecule has 3 N–H and O–H groups in total. The first-order valence-electron chi connectivity index (χ1n) is 11.9. The van der Waals surface area contributed by atoms with Crippen molar-refractivity contribution in [2.45, 2.75) is 37.0 Å². The van der Waals surface area contributed by atoms with E-state index in [9.17, 15) is 9.59 Å². The van der Waals surface area contributed by atoms with E-state index < -0.39 is 16.8 Å². The van der Waals surface area contributed by atoms with Crippen molar-refractivity contribution < 1.29 is 23.4 Å². The third-order valence-electron chi connectivity index (χ3n) is 6.20. The number of amides is 1. The minimum atomic E-state index is -0.838. The fourth-order valence-corrected chi connectivity index (χ4v) is 5.39. The molecule has 3 radical (unpaired) electrons. The molecule has 4 aromatic heterocycles. The van der Waals surface area contributed by atoms with Gasteiger partial charge in [-0.3, -0.25) is 15.1 Å². The number of carbonyl (C=O) groups is 1. The van der Waals surface area contributed by atoms with E-state index >= 15 is 0 Å². The molecule has 0 aromatic carbocycles. The highest BCUT2D eigenvalue weighted by molar-refractivity contribution is 7.17. The summed E-state index contributed by atoms with van der Waals surface area (Å²) in [4.78, 5) is 30.8. The molecule has 4 aromatic rings. The summed E-state index contributed by atoms with van der Waals surface area (Å²) in [5.74, 6) is -0.324. The van der Waals surface area contributed by atoms with Crippen molar-refractivity contribution in [1.82, 2.24) is 25.0 Å². The fourth-order valence-electron chi connectivity index (χ4n) is 4.26. The Balaban J connectivity index is 1.48. The van der Waals surface area contributed by atoms with E-state index in [0.717, 1.165) is 24.2 Å². The van der Waals surface area contributed by atoms with Gasteiger partial charge < -0.3 is 24.4 Å². The number of carbonyl (C=O) groups excluding carboxylic acids is 1. The summed E-state index contributed by atoms with van der Waals surface area (Å²) >= 11 is 1.04. The Morgan fingerprint density at radius 1 is 1.31 bits per heavy atom. The second kappa shape index (κ2) is 11.0. The predicted octanol–water partition coefficient (Wildman–Crippen LogP) is 2.41. The third-order valence-corrected chi connectivity index (χ3v) is 7.68. The molecule has 13 nitrogen and oxygen atoms in total. The molecule has 39 heavy (non-hydrogen) atoms. The molecule has 0 aliphatic heterocycles. The van der Waals surface area contributed by atoms with Crippen LogP contribution in [0, 0.1) is 0 Å². The van der Waals surface area contributed by atoms with Gasteiger partial charge in [0.15, 0.2) is 5.76 Å². The van der Waals surface area contributed by atoms with Gasteiger partial charge in [0.2, 0.25) is 16.0 Å². The van der Waals surface area contributed by atoms with Crippen LogP contribution in [0.2, 0.25) is 0 Å². The maximum Gasteiger partial charge on any atom is 0.379 e. The molecule has 15 heteroatoms. The molecule has 0 spiro atoms. The van der Waals surface area contributed by atoms with Gasteiger partial charge in [0.05, 0.1) is 34.3 Å². The second-order valence-electron chi connectivity index (χ2n) is 8.74. The molecule has 1 fully saturated rings. The molecule has 0 saturated heterocycles. The first-order valence-corrected chi connectivity index (χ1v) is 13.2. The minimum Gasteiger partial charge on any atom is -0.494 e. The Kier molecular flexibility index (Phi) is 7.45. The van der Waals surface area contributed by atoms with E-state index in [1.54, 1.807) is 31.5 Å². The zero-order chi connectivity index (χ0) is 27.6. The number of ether oxygens (including phenoxy) is 3. The van der Waals surface area contributed by atoms with Crippen molar-refractivity contribution in [3.63, 3.8) is 0 Å². The average molecular weight is 567 g/mol. The number of nitrogens with zero attached hydrogens (tertiary/aromatic N) is 5. The molecular weight excluding hydrogens is 542 g/mol. The van der Waals surface area contributed by atoms with E-state index in [2.05, 4.69) is 35.8 Å². The fraction of sp³-hybridized carbons (Fsp3) is 0.333. The number of anilines is 2. The summed E-state index contributed by atoms with van der Waals surface area (Å²) in [6.07, 6.45) is 5.55. The number of hydrogen-bond donors (Lipinski definition) is 2. The molecule has 5 rings (SSSR count). The normalized spacial score (nSPS) is 19.0. The first-order chi connectivity index (χ1) is 18.8. The van der Waals surface area contributed by atoms with E-state index in [0.29, 0.717) is 35.2 Å². The topological polar surface area (TPSA) is 170 Å². The maximum atomic E-state index is 13.3. The van der Waals surface area contributed by atoms with Crippen molar-refractivity contribution >= 4 is 38.4 Å². The molecule has 2 atom stereocenters.